The lowest BCUT2D eigenvalue weighted by Gasteiger charge is -2.39. The van der Waals surface area contributed by atoms with Crippen LogP contribution in [0, 0.1) is 0 Å². The summed E-state index contributed by atoms with van der Waals surface area (Å²) >= 11 is 3.70. The van der Waals surface area contributed by atoms with Crippen LogP contribution in [0.2, 0.25) is 0 Å². The van der Waals surface area contributed by atoms with Gasteiger partial charge >= 0.3 is 0 Å². The molecule has 0 amide bonds. The van der Waals surface area contributed by atoms with Gasteiger partial charge < -0.3 is 5.11 Å². The van der Waals surface area contributed by atoms with Gasteiger partial charge in [0, 0.05) is 15.6 Å². The molecule has 0 aliphatic heterocycles. The lowest BCUT2D eigenvalue weighted by molar-refractivity contribution is 0.129. The van der Waals surface area contributed by atoms with Crippen molar-refractivity contribution < 1.29 is 5.11 Å². The largest absolute Gasteiger partial charge is 0.376 e. The van der Waals surface area contributed by atoms with E-state index in [2.05, 4.69) is 155 Å². The highest BCUT2D eigenvalue weighted by Gasteiger charge is 2.51. The molecule has 0 fully saturated rings. The molecule has 0 radical (unpaired) electrons. The summed E-state index contributed by atoms with van der Waals surface area (Å²) < 4.78 is 0.948. The maximum absolute atomic E-state index is 13.2. The molecule has 190 valence electrons. The van der Waals surface area contributed by atoms with Crippen molar-refractivity contribution in [1.82, 2.24) is 0 Å². The summed E-state index contributed by atoms with van der Waals surface area (Å²) in [5, 5.41) is 13.2. The van der Waals surface area contributed by atoms with E-state index in [-0.39, 0.29) is 0 Å². The quantitative estimate of drug-likeness (QED) is 0.222. The molecule has 1 nitrogen and oxygen atoms in total. The van der Waals surface area contributed by atoms with Crippen LogP contribution in [0.25, 0.3) is 22.3 Å². The molecule has 1 unspecified atom stereocenters. The Bertz CT molecular complexity index is 1890. The van der Waals surface area contributed by atoms with Gasteiger partial charge in [-0.15, -0.1) is 0 Å². The van der Waals surface area contributed by atoms with E-state index in [9.17, 15) is 5.11 Å². The second-order valence-corrected chi connectivity index (χ2v) is 11.6. The van der Waals surface area contributed by atoms with Gasteiger partial charge in [0.1, 0.15) is 5.60 Å². The Balaban J connectivity index is 1.54. The van der Waals surface area contributed by atoms with E-state index in [0.29, 0.717) is 0 Å². The minimum Gasteiger partial charge on any atom is -0.376 e. The maximum atomic E-state index is 13.2. The molecule has 8 rings (SSSR count). The third kappa shape index (κ3) is 2.95. The summed E-state index contributed by atoms with van der Waals surface area (Å²) in [5.41, 5.74) is 10.1. The molecule has 1 atom stereocenters. The summed E-state index contributed by atoms with van der Waals surface area (Å²) in [6.07, 6.45) is 0. The van der Waals surface area contributed by atoms with Crippen molar-refractivity contribution in [2.24, 2.45) is 0 Å². The van der Waals surface area contributed by atoms with Crippen molar-refractivity contribution >= 4 is 15.9 Å². The summed E-state index contributed by atoms with van der Waals surface area (Å²) in [7, 11) is 0. The van der Waals surface area contributed by atoms with E-state index in [1.54, 1.807) is 0 Å². The monoisotopic (exact) mass is 576 g/mol. The number of aliphatic hydroxyl groups is 1. The minimum absolute atomic E-state index is 0.607. The van der Waals surface area contributed by atoms with Crippen molar-refractivity contribution in [2.75, 3.05) is 0 Å². The average Bonchev–Trinajstić information content (AvgIpc) is 3.46. The van der Waals surface area contributed by atoms with Crippen molar-refractivity contribution in [3.8, 4) is 22.3 Å². The number of hydrogen-bond donors (Lipinski definition) is 1. The number of halogens is 1. The topological polar surface area (TPSA) is 20.2 Å². The number of hydrogen-bond acceptors (Lipinski definition) is 1. The van der Waals surface area contributed by atoms with Gasteiger partial charge in [-0.05, 0) is 62.2 Å². The first-order valence-electron chi connectivity index (χ1n) is 13.6. The highest BCUT2D eigenvalue weighted by molar-refractivity contribution is 9.10. The van der Waals surface area contributed by atoms with E-state index in [1.165, 1.54) is 27.8 Å². The van der Waals surface area contributed by atoms with Crippen LogP contribution in [0.1, 0.15) is 38.9 Å². The fourth-order valence-electron chi connectivity index (χ4n) is 7.32. The first kappa shape index (κ1) is 23.6. The fourth-order valence-corrected chi connectivity index (χ4v) is 7.69. The van der Waals surface area contributed by atoms with Gasteiger partial charge in [-0.25, -0.2) is 0 Å². The fraction of sp³-hybridized carbons (Fsp3) is 0.0526. The lowest BCUT2D eigenvalue weighted by atomic mass is 9.64. The molecule has 6 aromatic rings. The molecule has 6 aromatic carbocycles. The second-order valence-electron chi connectivity index (χ2n) is 10.7. The normalized spacial score (nSPS) is 17.6. The molecule has 0 aromatic heterocycles. The Morgan fingerprint density at radius 2 is 0.850 bits per heavy atom. The van der Waals surface area contributed by atoms with Crippen LogP contribution in [-0.2, 0) is 11.0 Å². The van der Waals surface area contributed by atoms with Crippen LogP contribution < -0.4 is 0 Å². The zero-order valence-corrected chi connectivity index (χ0v) is 23.3. The van der Waals surface area contributed by atoms with E-state index >= 15 is 0 Å². The Morgan fingerprint density at radius 1 is 0.400 bits per heavy atom. The lowest BCUT2D eigenvalue weighted by Crippen LogP contribution is -2.35. The van der Waals surface area contributed by atoms with Crippen LogP contribution in [0.4, 0.5) is 0 Å². The molecule has 0 saturated carbocycles. The zero-order chi connectivity index (χ0) is 26.9. The van der Waals surface area contributed by atoms with Gasteiger partial charge in [0.2, 0.25) is 0 Å². The molecule has 0 saturated heterocycles. The molecule has 0 bridgehead atoms. The molecule has 0 heterocycles. The first-order chi connectivity index (χ1) is 19.6. The molecule has 0 spiro atoms. The number of rotatable bonds is 3. The van der Waals surface area contributed by atoms with E-state index in [4.69, 9.17) is 0 Å². The van der Waals surface area contributed by atoms with Crippen LogP contribution in [0.5, 0.6) is 0 Å². The Kier molecular flexibility index (Phi) is 5.10. The van der Waals surface area contributed by atoms with Crippen molar-refractivity contribution in [3.63, 3.8) is 0 Å². The van der Waals surface area contributed by atoms with Crippen molar-refractivity contribution in [1.29, 1.82) is 0 Å². The molecular formula is C38H25BrO. The van der Waals surface area contributed by atoms with Gasteiger partial charge in [-0.1, -0.05) is 149 Å². The van der Waals surface area contributed by atoms with Crippen LogP contribution in [0.15, 0.2) is 150 Å². The summed E-state index contributed by atoms with van der Waals surface area (Å²) in [5.74, 6) is 0. The van der Waals surface area contributed by atoms with Gasteiger partial charge in [-0.3, -0.25) is 0 Å². The minimum atomic E-state index is -1.33. The molecule has 40 heavy (non-hydrogen) atoms. The third-order valence-electron chi connectivity index (χ3n) is 8.86. The van der Waals surface area contributed by atoms with Gasteiger partial charge in [0.15, 0.2) is 0 Å². The molecule has 2 aliphatic rings. The van der Waals surface area contributed by atoms with Crippen LogP contribution in [0.3, 0.4) is 0 Å². The first-order valence-corrected chi connectivity index (χ1v) is 14.4. The maximum Gasteiger partial charge on any atom is 0.142 e. The smallest absolute Gasteiger partial charge is 0.142 e. The van der Waals surface area contributed by atoms with Crippen LogP contribution >= 0.6 is 15.9 Å². The summed E-state index contributed by atoms with van der Waals surface area (Å²) in [4.78, 5) is 0. The predicted octanol–water partition coefficient (Wildman–Crippen LogP) is 9.08. The number of fused-ring (bicyclic) bond motifs is 6. The predicted molar refractivity (Wildman–Crippen MR) is 165 cm³/mol. The Hall–Kier alpha value is -4.24. The molecular weight excluding hydrogens is 552 g/mol. The molecule has 1 N–H and O–H groups in total. The standard InChI is InChI=1S/C38H25BrO/c39-26-22-23-30-29-16-6-9-19-33(29)38(40,36(30)24-26)35-21-11-10-20-34(35)37(25-12-2-1-3-13-25)31-17-7-4-14-27(31)28-15-5-8-18-32(28)37/h1-24,40H. The molecule has 2 heteroatoms. The molecule has 2 aliphatic carbocycles. The highest BCUT2D eigenvalue weighted by Crippen LogP contribution is 2.60. The zero-order valence-electron chi connectivity index (χ0n) is 21.7. The SMILES string of the molecule is OC1(c2ccccc2C2(c3ccccc3)c3ccccc3-c3ccccc32)c2ccccc2-c2ccc(Br)cc21. The third-order valence-corrected chi connectivity index (χ3v) is 9.35. The van der Waals surface area contributed by atoms with Gasteiger partial charge in [0.05, 0.1) is 5.41 Å². The Labute approximate surface area is 242 Å². The van der Waals surface area contributed by atoms with E-state index in [1.807, 2.05) is 6.07 Å². The van der Waals surface area contributed by atoms with E-state index < -0.39 is 11.0 Å². The Morgan fingerprint density at radius 3 is 1.48 bits per heavy atom. The average molecular weight is 578 g/mol. The van der Waals surface area contributed by atoms with Crippen LogP contribution in [-0.4, -0.2) is 5.11 Å². The summed E-state index contributed by atoms with van der Waals surface area (Å²) in [6, 6.07) is 51.3. The summed E-state index contributed by atoms with van der Waals surface area (Å²) in [6.45, 7) is 0. The number of benzene rings is 6. The van der Waals surface area contributed by atoms with Gasteiger partial charge in [0.25, 0.3) is 0 Å². The van der Waals surface area contributed by atoms with Crippen molar-refractivity contribution in [2.45, 2.75) is 11.0 Å². The van der Waals surface area contributed by atoms with E-state index in [0.717, 1.165) is 37.9 Å². The van der Waals surface area contributed by atoms with Gasteiger partial charge in [-0.2, -0.15) is 0 Å². The second kappa shape index (κ2) is 8.63. The van der Waals surface area contributed by atoms with Crippen molar-refractivity contribution in [3.05, 3.63) is 189 Å². The highest BCUT2D eigenvalue weighted by atomic mass is 79.9.